The Morgan fingerprint density at radius 1 is 1.05 bits per heavy atom. The van der Waals surface area contributed by atoms with Crippen LogP contribution in [-0.2, 0) is 6.54 Å². The average molecular weight is 356 g/mol. The van der Waals surface area contributed by atoms with Crippen molar-refractivity contribution in [2.75, 3.05) is 0 Å². The Labute approximate surface area is 135 Å². The summed E-state index contributed by atoms with van der Waals surface area (Å²) in [5.41, 5.74) is 0. The molecule has 1 aromatic heterocycles. The van der Waals surface area contributed by atoms with Crippen molar-refractivity contribution < 1.29 is 0 Å². The average Bonchev–Trinajstić information content (AvgIpc) is 2.92. The number of thiophene rings is 1. The molecule has 1 heterocycles. The molecular formula is C17H26BrNS. The van der Waals surface area contributed by atoms with E-state index in [1.807, 2.05) is 11.3 Å². The Morgan fingerprint density at radius 3 is 2.55 bits per heavy atom. The predicted molar refractivity (Wildman–Crippen MR) is 91.2 cm³/mol. The Morgan fingerprint density at radius 2 is 1.80 bits per heavy atom. The topological polar surface area (TPSA) is 12.0 Å². The molecule has 0 saturated heterocycles. The van der Waals surface area contributed by atoms with Gasteiger partial charge in [-0.15, -0.1) is 11.3 Å². The lowest BCUT2D eigenvalue weighted by atomic mass is 9.71. The first kappa shape index (κ1) is 15.1. The summed E-state index contributed by atoms with van der Waals surface area (Å²) in [5, 5.41) is 6.07. The van der Waals surface area contributed by atoms with Gasteiger partial charge in [-0.05, 0) is 52.1 Å². The van der Waals surface area contributed by atoms with Gasteiger partial charge >= 0.3 is 0 Å². The Kier molecular flexibility index (Phi) is 5.58. The van der Waals surface area contributed by atoms with E-state index in [2.05, 4.69) is 32.7 Å². The summed E-state index contributed by atoms with van der Waals surface area (Å²) in [6, 6.07) is 2.93. The molecule has 0 spiro atoms. The second-order valence-corrected chi connectivity index (χ2v) is 8.38. The first-order valence-electron chi connectivity index (χ1n) is 8.30. The standard InChI is InChI=1S/C17H26BrNS/c18-15-10-11-20-17(15)12-19-16-9-5-4-8-14(16)13-6-2-1-3-7-13/h10-11,13-14,16,19H,1-9,12H2. The second kappa shape index (κ2) is 7.42. The molecule has 0 bridgehead atoms. The highest BCUT2D eigenvalue weighted by atomic mass is 79.9. The molecule has 20 heavy (non-hydrogen) atoms. The maximum absolute atomic E-state index is 3.89. The number of hydrogen-bond acceptors (Lipinski definition) is 2. The van der Waals surface area contributed by atoms with Gasteiger partial charge in [0.2, 0.25) is 0 Å². The first-order chi connectivity index (χ1) is 9.84. The van der Waals surface area contributed by atoms with Gasteiger partial charge in [-0.2, -0.15) is 0 Å². The van der Waals surface area contributed by atoms with Crippen molar-refractivity contribution in [1.29, 1.82) is 0 Å². The molecule has 0 aliphatic heterocycles. The Bertz CT molecular complexity index is 411. The van der Waals surface area contributed by atoms with Crippen LogP contribution in [0.1, 0.15) is 62.7 Å². The van der Waals surface area contributed by atoms with Gasteiger partial charge in [0.05, 0.1) is 0 Å². The molecule has 0 amide bonds. The van der Waals surface area contributed by atoms with E-state index < -0.39 is 0 Å². The van der Waals surface area contributed by atoms with Gasteiger partial charge in [-0.1, -0.05) is 44.9 Å². The molecular weight excluding hydrogens is 330 g/mol. The molecule has 112 valence electrons. The fourth-order valence-corrected chi connectivity index (χ4v) is 5.66. The SMILES string of the molecule is Brc1ccsc1CNC1CCCCC1C1CCCCC1. The summed E-state index contributed by atoms with van der Waals surface area (Å²) in [5.74, 6) is 1.95. The van der Waals surface area contributed by atoms with Crippen molar-refractivity contribution in [3.8, 4) is 0 Å². The van der Waals surface area contributed by atoms with Crippen LogP contribution in [0, 0.1) is 11.8 Å². The molecule has 0 radical (unpaired) electrons. The van der Waals surface area contributed by atoms with E-state index in [-0.39, 0.29) is 0 Å². The lowest BCUT2D eigenvalue weighted by Gasteiger charge is -2.39. The van der Waals surface area contributed by atoms with Gasteiger partial charge in [0.1, 0.15) is 0 Å². The van der Waals surface area contributed by atoms with E-state index in [9.17, 15) is 0 Å². The van der Waals surface area contributed by atoms with Gasteiger partial charge < -0.3 is 5.32 Å². The third-order valence-electron chi connectivity index (χ3n) is 5.29. The largest absolute Gasteiger partial charge is 0.309 e. The maximum atomic E-state index is 3.89. The molecule has 1 aromatic rings. The highest BCUT2D eigenvalue weighted by Gasteiger charge is 2.32. The van der Waals surface area contributed by atoms with Crippen LogP contribution in [0.2, 0.25) is 0 Å². The zero-order chi connectivity index (χ0) is 13.8. The van der Waals surface area contributed by atoms with Crippen LogP contribution in [0.15, 0.2) is 15.9 Å². The van der Waals surface area contributed by atoms with E-state index in [0.29, 0.717) is 0 Å². The van der Waals surface area contributed by atoms with Gasteiger partial charge in [0.25, 0.3) is 0 Å². The van der Waals surface area contributed by atoms with Crippen LogP contribution in [0.25, 0.3) is 0 Å². The van der Waals surface area contributed by atoms with Crippen molar-refractivity contribution >= 4 is 27.3 Å². The fraction of sp³-hybridized carbons (Fsp3) is 0.765. The summed E-state index contributed by atoms with van der Waals surface area (Å²) in [6.45, 7) is 1.05. The van der Waals surface area contributed by atoms with Crippen LogP contribution in [0.3, 0.4) is 0 Å². The van der Waals surface area contributed by atoms with Crippen molar-refractivity contribution in [3.63, 3.8) is 0 Å². The summed E-state index contributed by atoms with van der Waals surface area (Å²) in [4.78, 5) is 1.46. The first-order valence-corrected chi connectivity index (χ1v) is 9.97. The minimum Gasteiger partial charge on any atom is -0.309 e. The summed E-state index contributed by atoms with van der Waals surface area (Å²) in [6.07, 6.45) is 13.2. The van der Waals surface area contributed by atoms with Crippen molar-refractivity contribution in [1.82, 2.24) is 5.32 Å². The van der Waals surface area contributed by atoms with Gasteiger partial charge in [-0.3, -0.25) is 0 Å². The number of halogens is 1. The quantitative estimate of drug-likeness (QED) is 0.725. The maximum Gasteiger partial charge on any atom is 0.0327 e. The second-order valence-electron chi connectivity index (χ2n) is 6.53. The summed E-state index contributed by atoms with van der Waals surface area (Å²) in [7, 11) is 0. The highest BCUT2D eigenvalue weighted by molar-refractivity contribution is 9.10. The van der Waals surface area contributed by atoms with Crippen LogP contribution in [0.4, 0.5) is 0 Å². The molecule has 1 N–H and O–H groups in total. The van der Waals surface area contributed by atoms with Crippen LogP contribution < -0.4 is 5.32 Å². The molecule has 2 unspecified atom stereocenters. The number of nitrogens with one attached hydrogen (secondary N) is 1. The van der Waals surface area contributed by atoms with Crippen LogP contribution in [0.5, 0.6) is 0 Å². The molecule has 3 rings (SSSR count). The van der Waals surface area contributed by atoms with Gasteiger partial charge in [0, 0.05) is 21.9 Å². The molecule has 2 aliphatic rings. The minimum atomic E-state index is 0.765. The van der Waals surface area contributed by atoms with Crippen molar-refractivity contribution in [2.24, 2.45) is 11.8 Å². The Hall–Kier alpha value is 0.140. The van der Waals surface area contributed by atoms with E-state index in [4.69, 9.17) is 0 Å². The molecule has 0 aromatic carbocycles. The Balaban J connectivity index is 1.58. The highest BCUT2D eigenvalue weighted by Crippen LogP contribution is 2.38. The monoisotopic (exact) mass is 355 g/mol. The van der Waals surface area contributed by atoms with E-state index >= 15 is 0 Å². The predicted octanol–water partition coefficient (Wildman–Crippen LogP) is 5.74. The van der Waals surface area contributed by atoms with E-state index in [1.54, 1.807) is 0 Å². The van der Waals surface area contributed by atoms with Gasteiger partial charge in [-0.25, -0.2) is 0 Å². The minimum absolute atomic E-state index is 0.765. The number of hydrogen-bond donors (Lipinski definition) is 1. The lowest BCUT2D eigenvalue weighted by Crippen LogP contribution is -2.42. The van der Waals surface area contributed by atoms with Crippen molar-refractivity contribution in [2.45, 2.75) is 70.4 Å². The summed E-state index contributed by atoms with van der Waals surface area (Å²) >= 11 is 5.52. The lowest BCUT2D eigenvalue weighted by molar-refractivity contribution is 0.149. The van der Waals surface area contributed by atoms with Crippen molar-refractivity contribution in [3.05, 3.63) is 20.8 Å². The fourth-order valence-electron chi connectivity index (χ4n) is 4.21. The third kappa shape index (κ3) is 3.66. The smallest absolute Gasteiger partial charge is 0.0327 e. The molecule has 2 aliphatic carbocycles. The molecule has 2 atom stereocenters. The zero-order valence-corrected chi connectivity index (χ0v) is 14.6. The van der Waals surface area contributed by atoms with E-state index in [0.717, 1.165) is 24.4 Å². The molecule has 2 saturated carbocycles. The normalized spacial score (nSPS) is 28.6. The van der Waals surface area contributed by atoms with Crippen LogP contribution >= 0.6 is 27.3 Å². The summed E-state index contributed by atoms with van der Waals surface area (Å²) < 4.78 is 1.28. The van der Waals surface area contributed by atoms with E-state index in [1.165, 1.54) is 67.1 Å². The molecule has 3 heteroatoms. The van der Waals surface area contributed by atoms with Crippen LogP contribution in [-0.4, -0.2) is 6.04 Å². The zero-order valence-electron chi connectivity index (χ0n) is 12.2. The van der Waals surface area contributed by atoms with Gasteiger partial charge in [0.15, 0.2) is 0 Å². The molecule has 1 nitrogen and oxygen atoms in total. The number of rotatable bonds is 4. The third-order valence-corrected chi connectivity index (χ3v) is 7.22. The molecule has 2 fully saturated rings.